The first-order chi connectivity index (χ1) is 14.7. The Kier molecular flexibility index (Phi) is 5.13. The van der Waals surface area contributed by atoms with Crippen LogP contribution in [-0.2, 0) is 32.2 Å². The number of fused-ring (bicyclic) bond motifs is 2. The van der Waals surface area contributed by atoms with E-state index in [0.717, 1.165) is 37.7 Å². The molecule has 2 aliphatic carbocycles. The van der Waals surface area contributed by atoms with Crippen molar-refractivity contribution < 1.29 is 4.79 Å². The zero-order valence-electron chi connectivity index (χ0n) is 17.4. The average Bonchev–Trinajstić information content (AvgIpc) is 3.34. The van der Waals surface area contributed by atoms with Crippen LogP contribution in [0.1, 0.15) is 44.9 Å². The lowest BCUT2D eigenvalue weighted by Gasteiger charge is -2.27. The summed E-state index contributed by atoms with van der Waals surface area (Å²) in [6, 6.07) is 19.9. The van der Waals surface area contributed by atoms with Gasteiger partial charge in [-0.2, -0.15) is 5.10 Å². The fourth-order valence-corrected chi connectivity index (χ4v) is 5.03. The molecule has 0 aliphatic heterocycles. The molecule has 2 N–H and O–H groups in total. The minimum atomic E-state index is -0.0908. The number of rotatable bonds is 5. The Morgan fingerprint density at radius 3 is 2.40 bits per heavy atom. The normalized spacial score (nSPS) is 18.1. The monoisotopic (exact) mass is 400 g/mol. The summed E-state index contributed by atoms with van der Waals surface area (Å²) in [7, 11) is 1.68. The molecular weight excluding hydrogens is 372 g/mol. The van der Waals surface area contributed by atoms with Crippen LogP contribution >= 0.6 is 0 Å². The van der Waals surface area contributed by atoms with Gasteiger partial charge in [-0.05, 0) is 48.8 Å². The molecule has 5 heteroatoms. The van der Waals surface area contributed by atoms with E-state index in [-0.39, 0.29) is 5.91 Å². The van der Waals surface area contributed by atoms with Crippen molar-refractivity contribution in [3.05, 3.63) is 88.2 Å². The highest BCUT2D eigenvalue weighted by Crippen LogP contribution is 2.28. The van der Waals surface area contributed by atoms with Crippen LogP contribution < -0.4 is 10.6 Å². The highest BCUT2D eigenvalue weighted by atomic mass is 16.1. The lowest BCUT2D eigenvalue weighted by molar-refractivity contribution is 0.0956. The van der Waals surface area contributed by atoms with Crippen molar-refractivity contribution in [1.29, 1.82) is 0 Å². The number of carbonyl (C=O) groups is 1. The lowest BCUT2D eigenvalue weighted by Crippen LogP contribution is -2.42. The molecule has 154 valence electrons. The molecule has 5 rings (SSSR count). The van der Waals surface area contributed by atoms with Crippen LogP contribution in [0.5, 0.6) is 0 Å². The molecule has 2 aliphatic rings. The van der Waals surface area contributed by atoms with Crippen molar-refractivity contribution in [2.24, 2.45) is 0 Å². The molecule has 1 unspecified atom stereocenters. The van der Waals surface area contributed by atoms with Crippen molar-refractivity contribution in [2.75, 3.05) is 7.05 Å². The Balaban J connectivity index is 1.35. The van der Waals surface area contributed by atoms with Gasteiger partial charge < -0.3 is 10.6 Å². The highest BCUT2D eigenvalue weighted by Gasteiger charge is 2.31. The second-order valence-corrected chi connectivity index (χ2v) is 8.48. The Morgan fingerprint density at radius 2 is 1.70 bits per heavy atom. The second-order valence-electron chi connectivity index (χ2n) is 8.48. The summed E-state index contributed by atoms with van der Waals surface area (Å²) < 4.78 is 2.04. The molecule has 30 heavy (non-hydrogen) atoms. The molecule has 2 aromatic carbocycles. The molecule has 1 heterocycles. The zero-order valence-corrected chi connectivity index (χ0v) is 17.4. The van der Waals surface area contributed by atoms with E-state index < -0.39 is 0 Å². The van der Waals surface area contributed by atoms with Crippen molar-refractivity contribution >= 4 is 5.91 Å². The summed E-state index contributed by atoms with van der Waals surface area (Å²) in [5.74, 6) is -0.0908. The molecule has 5 nitrogen and oxygen atoms in total. The highest BCUT2D eigenvalue weighted by molar-refractivity contribution is 5.93. The molecule has 0 saturated heterocycles. The van der Waals surface area contributed by atoms with Crippen LogP contribution in [0, 0.1) is 0 Å². The third-order valence-corrected chi connectivity index (χ3v) is 6.49. The molecular formula is C25H28N4O. The smallest absolute Gasteiger partial charge is 0.271 e. The van der Waals surface area contributed by atoms with Gasteiger partial charge in [0.1, 0.15) is 0 Å². The Bertz CT molecular complexity index is 1030. The fraction of sp³-hybridized carbons (Fsp3) is 0.360. The van der Waals surface area contributed by atoms with Gasteiger partial charge in [0.05, 0.1) is 6.54 Å². The van der Waals surface area contributed by atoms with Crippen LogP contribution in [0.25, 0.3) is 0 Å². The van der Waals surface area contributed by atoms with E-state index in [1.54, 1.807) is 7.05 Å². The standard InChI is InChI=1S/C25H28N4O/c1-26-25(30)24-22-15-20(27-21-13-18-9-5-6-10-19(18)14-21)11-12-23(22)29(28-24)16-17-7-3-2-4-8-17/h2-10,20-21,27H,11-16H2,1H3,(H,26,30). The van der Waals surface area contributed by atoms with Gasteiger partial charge in [0.15, 0.2) is 5.69 Å². The minimum Gasteiger partial charge on any atom is -0.354 e. The lowest BCUT2D eigenvalue weighted by atomic mass is 9.90. The average molecular weight is 401 g/mol. The number of carbonyl (C=O) groups excluding carboxylic acids is 1. The van der Waals surface area contributed by atoms with Gasteiger partial charge in [-0.15, -0.1) is 0 Å². The molecule has 1 aromatic heterocycles. The van der Waals surface area contributed by atoms with Gasteiger partial charge in [0, 0.05) is 30.4 Å². The van der Waals surface area contributed by atoms with Gasteiger partial charge in [0.25, 0.3) is 5.91 Å². The summed E-state index contributed by atoms with van der Waals surface area (Å²) in [6.07, 6.45) is 5.07. The number of nitrogens with one attached hydrogen (secondary N) is 2. The van der Waals surface area contributed by atoms with E-state index in [1.165, 1.54) is 22.4 Å². The SMILES string of the molecule is CNC(=O)c1nn(Cc2ccccc2)c2c1CC(NC1Cc3ccccc3C1)CC2. The van der Waals surface area contributed by atoms with Crippen molar-refractivity contribution in [1.82, 2.24) is 20.4 Å². The minimum absolute atomic E-state index is 0.0908. The van der Waals surface area contributed by atoms with Crippen LogP contribution in [0.4, 0.5) is 0 Å². The van der Waals surface area contributed by atoms with Crippen molar-refractivity contribution in [3.8, 4) is 0 Å². The predicted octanol–water partition coefficient (Wildman–Crippen LogP) is 2.91. The Labute approximate surface area is 177 Å². The summed E-state index contributed by atoms with van der Waals surface area (Å²) in [6.45, 7) is 0.705. The third kappa shape index (κ3) is 3.65. The molecule has 1 atom stereocenters. The topological polar surface area (TPSA) is 59.0 Å². The maximum Gasteiger partial charge on any atom is 0.271 e. The van der Waals surface area contributed by atoms with E-state index in [4.69, 9.17) is 5.10 Å². The molecule has 0 bridgehead atoms. The van der Waals surface area contributed by atoms with Crippen molar-refractivity contribution in [2.45, 2.75) is 50.7 Å². The fourth-order valence-electron chi connectivity index (χ4n) is 5.03. The van der Waals surface area contributed by atoms with E-state index in [1.807, 2.05) is 22.9 Å². The first-order valence-electron chi connectivity index (χ1n) is 10.9. The second kappa shape index (κ2) is 8.07. The maximum absolute atomic E-state index is 12.5. The van der Waals surface area contributed by atoms with Crippen molar-refractivity contribution in [3.63, 3.8) is 0 Å². The predicted molar refractivity (Wildman–Crippen MR) is 118 cm³/mol. The van der Waals surface area contributed by atoms with E-state index in [9.17, 15) is 4.79 Å². The van der Waals surface area contributed by atoms with Crippen LogP contribution in [0.2, 0.25) is 0 Å². The van der Waals surface area contributed by atoms with Gasteiger partial charge in [-0.25, -0.2) is 0 Å². The van der Waals surface area contributed by atoms with Gasteiger partial charge >= 0.3 is 0 Å². The van der Waals surface area contributed by atoms with Crippen LogP contribution in [0.3, 0.4) is 0 Å². The number of nitrogens with zero attached hydrogens (tertiary/aromatic N) is 2. The summed E-state index contributed by atoms with van der Waals surface area (Å²) in [4.78, 5) is 12.5. The molecule has 3 aromatic rings. The van der Waals surface area contributed by atoms with E-state index in [0.29, 0.717) is 24.3 Å². The number of amides is 1. The van der Waals surface area contributed by atoms with Gasteiger partial charge in [-0.1, -0.05) is 54.6 Å². The molecule has 0 saturated carbocycles. The molecule has 0 fully saturated rings. The first kappa shape index (κ1) is 19.1. The number of hydrogen-bond donors (Lipinski definition) is 2. The largest absolute Gasteiger partial charge is 0.354 e. The zero-order chi connectivity index (χ0) is 20.5. The number of hydrogen-bond acceptors (Lipinski definition) is 3. The Morgan fingerprint density at radius 1 is 1.00 bits per heavy atom. The molecule has 0 radical (unpaired) electrons. The Hall–Kier alpha value is -2.92. The number of aromatic nitrogens is 2. The molecule has 0 spiro atoms. The van der Waals surface area contributed by atoms with E-state index >= 15 is 0 Å². The van der Waals surface area contributed by atoms with Gasteiger partial charge in [-0.3, -0.25) is 9.48 Å². The van der Waals surface area contributed by atoms with E-state index in [2.05, 4.69) is 47.0 Å². The first-order valence-corrected chi connectivity index (χ1v) is 10.9. The van der Waals surface area contributed by atoms with Crippen LogP contribution in [0.15, 0.2) is 54.6 Å². The third-order valence-electron chi connectivity index (χ3n) is 6.49. The quantitative estimate of drug-likeness (QED) is 0.692. The maximum atomic E-state index is 12.5. The summed E-state index contributed by atoms with van der Waals surface area (Å²) in [5.41, 5.74) is 7.05. The summed E-state index contributed by atoms with van der Waals surface area (Å²) in [5, 5.41) is 11.4. The number of benzene rings is 2. The van der Waals surface area contributed by atoms with Gasteiger partial charge in [0.2, 0.25) is 0 Å². The summed E-state index contributed by atoms with van der Waals surface area (Å²) >= 11 is 0. The molecule has 1 amide bonds. The van der Waals surface area contributed by atoms with Crippen LogP contribution in [-0.4, -0.2) is 34.8 Å².